The minimum atomic E-state index is 0.780. The van der Waals surface area contributed by atoms with Crippen molar-refractivity contribution in [2.75, 3.05) is 0 Å². The highest BCUT2D eigenvalue weighted by molar-refractivity contribution is 5.06. The van der Waals surface area contributed by atoms with Crippen LogP contribution in [0.1, 0.15) is 37.8 Å². The molecule has 0 saturated heterocycles. The van der Waals surface area contributed by atoms with Crippen molar-refractivity contribution in [1.82, 2.24) is 15.5 Å². The fourth-order valence-electron chi connectivity index (χ4n) is 4.93. The summed E-state index contributed by atoms with van der Waals surface area (Å²) in [5, 5.41) is 10.8. The number of nitrogens with zero attached hydrogens (tertiary/aromatic N) is 1. The lowest BCUT2D eigenvalue weighted by atomic mass is 9.79. The molecule has 0 aromatic carbocycles. The molecule has 3 aliphatic rings. The van der Waals surface area contributed by atoms with Crippen LogP contribution in [0, 0.1) is 23.7 Å². The molecular weight excluding hydrogens is 210 g/mol. The zero-order valence-corrected chi connectivity index (χ0v) is 10.2. The lowest BCUT2D eigenvalue weighted by molar-refractivity contribution is 0.207. The molecule has 3 heteroatoms. The van der Waals surface area contributed by atoms with Gasteiger partial charge in [-0.15, -0.1) is 0 Å². The van der Waals surface area contributed by atoms with Gasteiger partial charge in [0.25, 0.3) is 0 Å². The van der Waals surface area contributed by atoms with E-state index in [1.807, 2.05) is 6.20 Å². The van der Waals surface area contributed by atoms with Crippen LogP contribution in [-0.4, -0.2) is 16.2 Å². The lowest BCUT2D eigenvalue weighted by Crippen LogP contribution is -2.38. The van der Waals surface area contributed by atoms with Gasteiger partial charge in [-0.1, -0.05) is 6.42 Å². The van der Waals surface area contributed by atoms with Gasteiger partial charge < -0.3 is 5.32 Å². The van der Waals surface area contributed by atoms with Gasteiger partial charge in [0.1, 0.15) is 0 Å². The van der Waals surface area contributed by atoms with Gasteiger partial charge in [-0.25, -0.2) is 0 Å². The Morgan fingerprint density at radius 2 is 2.18 bits per heavy atom. The topological polar surface area (TPSA) is 40.7 Å². The van der Waals surface area contributed by atoms with E-state index in [4.69, 9.17) is 0 Å². The Kier molecular flexibility index (Phi) is 2.29. The van der Waals surface area contributed by atoms with Crippen LogP contribution in [0.5, 0.6) is 0 Å². The average Bonchev–Trinajstić information content (AvgIpc) is 3.08. The first kappa shape index (κ1) is 10.1. The van der Waals surface area contributed by atoms with E-state index in [-0.39, 0.29) is 0 Å². The van der Waals surface area contributed by atoms with E-state index < -0.39 is 0 Å². The van der Waals surface area contributed by atoms with Crippen LogP contribution >= 0.6 is 0 Å². The van der Waals surface area contributed by atoms with Crippen LogP contribution in [-0.2, 0) is 6.54 Å². The standard InChI is InChI=1S/C14H21N3/c1-2-11-9-6-13(12(11)3-1)14(7-9)15-8-10-4-5-16-17-10/h4-5,9,11-15H,1-3,6-8H2,(H,16,17)/t9-,11+,12+,13-,14+/m0/s1. The summed E-state index contributed by atoms with van der Waals surface area (Å²) in [6, 6.07) is 2.85. The molecule has 2 bridgehead atoms. The molecule has 0 amide bonds. The highest BCUT2D eigenvalue weighted by atomic mass is 15.1. The van der Waals surface area contributed by atoms with Crippen LogP contribution in [0.3, 0.4) is 0 Å². The highest BCUT2D eigenvalue weighted by Crippen LogP contribution is 2.58. The van der Waals surface area contributed by atoms with Crippen molar-refractivity contribution in [2.24, 2.45) is 23.7 Å². The molecule has 0 spiro atoms. The SMILES string of the molecule is c1cc(CN[C@@H]2C[C@@H]3C[C@H]2[C@@H]2CCC[C@H]32)[nH]n1. The summed E-state index contributed by atoms with van der Waals surface area (Å²) >= 11 is 0. The number of rotatable bonds is 3. The molecule has 3 fully saturated rings. The zero-order chi connectivity index (χ0) is 11.2. The largest absolute Gasteiger partial charge is 0.308 e. The number of H-pyrrole nitrogens is 1. The number of hydrogen-bond acceptors (Lipinski definition) is 2. The van der Waals surface area contributed by atoms with Crippen LogP contribution < -0.4 is 5.32 Å². The first-order valence-electron chi connectivity index (χ1n) is 7.13. The molecule has 4 rings (SSSR count). The second-order valence-electron chi connectivity index (χ2n) is 6.22. The molecule has 3 saturated carbocycles. The Balaban J connectivity index is 1.41. The Labute approximate surface area is 102 Å². The molecule has 0 radical (unpaired) electrons. The summed E-state index contributed by atoms with van der Waals surface area (Å²) in [6.45, 7) is 0.964. The smallest absolute Gasteiger partial charge is 0.0490 e. The van der Waals surface area contributed by atoms with E-state index in [1.165, 1.54) is 37.8 Å². The first-order valence-corrected chi connectivity index (χ1v) is 7.13. The minimum absolute atomic E-state index is 0.780. The molecule has 92 valence electrons. The average molecular weight is 231 g/mol. The molecule has 0 aliphatic heterocycles. The van der Waals surface area contributed by atoms with Crippen molar-refractivity contribution in [3.63, 3.8) is 0 Å². The fraction of sp³-hybridized carbons (Fsp3) is 0.786. The quantitative estimate of drug-likeness (QED) is 0.838. The van der Waals surface area contributed by atoms with Crippen molar-refractivity contribution >= 4 is 0 Å². The van der Waals surface area contributed by atoms with Gasteiger partial charge in [-0.3, -0.25) is 5.10 Å². The number of hydrogen-bond donors (Lipinski definition) is 2. The molecule has 3 aliphatic carbocycles. The Bertz CT molecular complexity index is 386. The number of aromatic amines is 1. The molecule has 5 atom stereocenters. The normalized spacial score (nSPS) is 43.2. The van der Waals surface area contributed by atoms with Gasteiger partial charge in [0.15, 0.2) is 0 Å². The van der Waals surface area contributed by atoms with Crippen molar-refractivity contribution in [3.05, 3.63) is 18.0 Å². The number of fused-ring (bicyclic) bond motifs is 5. The van der Waals surface area contributed by atoms with Crippen molar-refractivity contribution in [2.45, 2.75) is 44.7 Å². The minimum Gasteiger partial charge on any atom is -0.308 e. The Hall–Kier alpha value is -0.830. The third-order valence-electron chi connectivity index (χ3n) is 5.54. The maximum atomic E-state index is 4.00. The van der Waals surface area contributed by atoms with Gasteiger partial charge in [0.2, 0.25) is 0 Å². The molecule has 0 unspecified atom stereocenters. The maximum Gasteiger partial charge on any atom is 0.0490 e. The van der Waals surface area contributed by atoms with Gasteiger partial charge in [0, 0.05) is 24.5 Å². The van der Waals surface area contributed by atoms with Crippen molar-refractivity contribution in [3.8, 4) is 0 Å². The molecule has 1 aromatic heterocycles. The first-order chi connectivity index (χ1) is 8.42. The van der Waals surface area contributed by atoms with E-state index in [9.17, 15) is 0 Å². The van der Waals surface area contributed by atoms with Gasteiger partial charge in [0.05, 0.1) is 0 Å². The van der Waals surface area contributed by atoms with E-state index >= 15 is 0 Å². The van der Waals surface area contributed by atoms with E-state index in [2.05, 4.69) is 21.6 Å². The summed E-state index contributed by atoms with van der Waals surface area (Å²) < 4.78 is 0. The van der Waals surface area contributed by atoms with E-state index in [0.29, 0.717) is 0 Å². The molecule has 3 nitrogen and oxygen atoms in total. The molecule has 2 N–H and O–H groups in total. The van der Waals surface area contributed by atoms with Gasteiger partial charge in [-0.2, -0.15) is 5.10 Å². The fourth-order valence-corrected chi connectivity index (χ4v) is 4.93. The molecule has 1 aromatic rings. The zero-order valence-electron chi connectivity index (χ0n) is 10.2. The molecule has 1 heterocycles. The van der Waals surface area contributed by atoms with Gasteiger partial charge in [-0.05, 0) is 55.4 Å². The van der Waals surface area contributed by atoms with Crippen LogP contribution in [0.4, 0.5) is 0 Å². The molecule has 17 heavy (non-hydrogen) atoms. The summed E-state index contributed by atoms with van der Waals surface area (Å²) in [7, 11) is 0. The lowest BCUT2D eigenvalue weighted by Gasteiger charge is -2.32. The third kappa shape index (κ3) is 1.55. The van der Waals surface area contributed by atoms with Crippen molar-refractivity contribution < 1.29 is 0 Å². The van der Waals surface area contributed by atoms with Crippen LogP contribution in [0.15, 0.2) is 12.3 Å². The molecular formula is C14H21N3. The Morgan fingerprint density at radius 1 is 1.24 bits per heavy atom. The Morgan fingerprint density at radius 3 is 3.06 bits per heavy atom. The van der Waals surface area contributed by atoms with Gasteiger partial charge >= 0.3 is 0 Å². The monoisotopic (exact) mass is 231 g/mol. The predicted molar refractivity (Wildman–Crippen MR) is 66.3 cm³/mol. The number of aromatic nitrogens is 2. The summed E-state index contributed by atoms with van der Waals surface area (Å²) in [5.74, 6) is 4.19. The van der Waals surface area contributed by atoms with E-state index in [0.717, 1.165) is 36.3 Å². The summed E-state index contributed by atoms with van der Waals surface area (Å²) in [4.78, 5) is 0. The predicted octanol–water partition coefficient (Wildman–Crippen LogP) is 2.32. The van der Waals surface area contributed by atoms with E-state index in [1.54, 1.807) is 0 Å². The summed E-state index contributed by atoms with van der Waals surface area (Å²) in [6.07, 6.45) is 9.31. The third-order valence-corrected chi connectivity index (χ3v) is 5.54. The van der Waals surface area contributed by atoms with Crippen molar-refractivity contribution in [1.29, 1.82) is 0 Å². The summed E-state index contributed by atoms with van der Waals surface area (Å²) in [5.41, 5.74) is 1.22. The highest BCUT2D eigenvalue weighted by Gasteiger charge is 2.53. The van der Waals surface area contributed by atoms with Crippen LogP contribution in [0.25, 0.3) is 0 Å². The second-order valence-corrected chi connectivity index (χ2v) is 6.22. The van der Waals surface area contributed by atoms with Crippen LogP contribution in [0.2, 0.25) is 0 Å². The second kappa shape index (κ2) is 3.84. The maximum absolute atomic E-state index is 4.00. The number of nitrogens with one attached hydrogen (secondary N) is 2.